The summed E-state index contributed by atoms with van der Waals surface area (Å²) in [6, 6.07) is 0. The quantitative estimate of drug-likeness (QED) is 0.473. The number of hydrogen-bond acceptors (Lipinski definition) is 0. The lowest BCUT2D eigenvalue weighted by Gasteiger charge is -1.99. The van der Waals surface area contributed by atoms with Gasteiger partial charge in [0.1, 0.15) is 0 Å². The lowest BCUT2D eigenvalue weighted by Crippen LogP contribution is -1.79. The maximum Gasteiger partial charge on any atom is -0.0169 e. The molecule has 0 aromatic carbocycles. The first-order valence-corrected chi connectivity index (χ1v) is 5.13. The van der Waals surface area contributed by atoms with Gasteiger partial charge in [0, 0.05) is 0 Å². The zero-order valence-corrected chi connectivity index (χ0v) is 7.84. The molecular formula is C12H19. The van der Waals surface area contributed by atoms with Gasteiger partial charge in [-0.25, -0.2) is 0 Å². The maximum absolute atomic E-state index is 2.31. The number of rotatable bonds is 0. The van der Waals surface area contributed by atoms with E-state index in [1.807, 2.05) is 0 Å². The number of hydrogen-bond donors (Lipinski definition) is 0. The van der Waals surface area contributed by atoms with E-state index in [4.69, 9.17) is 0 Å². The summed E-state index contributed by atoms with van der Waals surface area (Å²) in [7, 11) is 0. The highest BCUT2D eigenvalue weighted by atomic mass is 14.0. The van der Waals surface area contributed by atoms with Crippen molar-refractivity contribution >= 4 is 0 Å². The van der Waals surface area contributed by atoms with Crippen LogP contribution in [0.1, 0.15) is 44.9 Å². The lowest BCUT2D eigenvalue weighted by molar-refractivity contribution is 0.645. The standard InChI is InChI=1S/C12H19/c1-2-4-6-8-10-12-11-9-7-5-3-1/h1-3,6,8H,4-5,7,9-12H2/b2-1-,8-6-. The summed E-state index contributed by atoms with van der Waals surface area (Å²) < 4.78 is 0. The summed E-state index contributed by atoms with van der Waals surface area (Å²) in [5, 5.41) is 0. The van der Waals surface area contributed by atoms with Crippen LogP contribution in [0.5, 0.6) is 0 Å². The van der Waals surface area contributed by atoms with Gasteiger partial charge in [0.05, 0.1) is 0 Å². The third kappa shape index (κ3) is 5.17. The molecule has 1 aliphatic rings. The Morgan fingerprint density at radius 2 is 1.50 bits per heavy atom. The van der Waals surface area contributed by atoms with Gasteiger partial charge < -0.3 is 0 Å². The van der Waals surface area contributed by atoms with Crippen molar-refractivity contribution in [3.8, 4) is 0 Å². The van der Waals surface area contributed by atoms with Crippen LogP contribution in [0.4, 0.5) is 0 Å². The molecule has 0 nitrogen and oxygen atoms in total. The van der Waals surface area contributed by atoms with Crippen molar-refractivity contribution < 1.29 is 0 Å². The van der Waals surface area contributed by atoms with Gasteiger partial charge in [-0.2, -0.15) is 0 Å². The minimum absolute atomic E-state index is 1.11. The smallest absolute Gasteiger partial charge is 0.0169 e. The Morgan fingerprint density at radius 3 is 2.42 bits per heavy atom. The van der Waals surface area contributed by atoms with E-state index in [0.717, 1.165) is 6.42 Å². The Balaban J connectivity index is 2.20. The highest BCUT2D eigenvalue weighted by Crippen LogP contribution is 2.08. The highest BCUT2D eigenvalue weighted by Gasteiger charge is 1.89. The van der Waals surface area contributed by atoms with Gasteiger partial charge >= 0.3 is 0 Å². The second-order valence-corrected chi connectivity index (χ2v) is 3.36. The molecule has 0 fully saturated rings. The Bertz CT molecular complexity index is 126. The summed E-state index contributed by atoms with van der Waals surface area (Å²) in [5.74, 6) is 0. The minimum Gasteiger partial charge on any atom is -0.0882 e. The molecule has 0 N–H and O–H groups in total. The second kappa shape index (κ2) is 7.15. The van der Waals surface area contributed by atoms with E-state index in [0.29, 0.717) is 0 Å². The van der Waals surface area contributed by atoms with E-state index in [1.165, 1.54) is 38.5 Å². The first kappa shape index (κ1) is 9.57. The molecule has 0 saturated heterocycles. The van der Waals surface area contributed by atoms with E-state index < -0.39 is 0 Å². The van der Waals surface area contributed by atoms with Crippen molar-refractivity contribution in [1.82, 2.24) is 0 Å². The van der Waals surface area contributed by atoms with Crippen LogP contribution in [0.25, 0.3) is 0 Å². The molecule has 12 heavy (non-hydrogen) atoms. The summed E-state index contributed by atoms with van der Waals surface area (Å²) in [6.45, 7) is 0. The van der Waals surface area contributed by atoms with Gasteiger partial charge in [-0.05, 0) is 32.1 Å². The van der Waals surface area contributed by atoms with E-state index in [1.54, 1.807) is 0 Å². The zero-order chi connectivity index (χ0) is 8.49. The SMILES string of the molecule is [CH]1/C=C\C/C=C\CCCCCC1. The Kier molecular flexibility index (Phi) is 5.70. The molecule has 1 rings (SSSR count). The summed E-state index contributed by atoms with van der Waals surface area (Å²) in [4.78, 5) is 0. The van der Waals surface area contributed by atoms with Gasteiger partial charge in [0.2, 0.25) is 0 Å². The van der Waals surface area contributed by atoms with Crippen molar-refractivity contribution in [1.29, 1.82) is 0 Å². The van der Waals surface area contributed by atoms with Crippen molar-refractivity contribution in [3.05, 3.63) is 30.7 Å². The fourth-order valence-corrected chi connectivity index (χ4v) is 1.44. The van der Waals surface area contributed by atoms with E-state index >= 15 is 0 Å². The minimum atomic E-state index is 1.11. The lowest BCUT2D eigenvalue weighted by atomic mass is 10.1. The molecule has 0 amide bonds. The van der Waals surface area contributed by atoms with Gasteiger partial charge in [-0.15, -0.1) is 0 Å². The third-order valence-electron chi connectivity index (χ3n) is 2.20. The summed E-state index contributed by atoms with van der Waals surface area (Å²) >= 11 is 0. The molecule has 0 aliphatic heterocycles. The van der Waals surface area contributed by atoms with Crippen molar-refractivity contribution in [2.24, 2.45) is 0 Å². The van der Waals surface area contributed by atoms with Crippen LogP contribution < -0.4 is 0 Å². The van der Waals surface area contributed by atoms with Gasteiger partial charge in [0.15, 0.2) is 0 Å². The molecule has 0 aromatic heterocycles. The Hall–Kier alpha value is -0.520. The van der Waals surface area contributed by atoms with E-state index in [2.05, 4.69) is 30.7 Å². The second-order valence-electron chi connectivity index (χ2n) is 3.36. The van der Waals surface area contributed by atoms with Crippen LogP contribution in [-0.4, -0.2) is 0 Å². The van der Waals surface area contributed by atoms with E-state index in [9.17, 15) is 0 Å². The van der Waals surface area contributed by atoms with Crippen molar-refractivity contribution in [2.75, 3.05) is 0 Å². The number of allylic oxidation sites excluding steroid dienone is 4. The van der Waals surface area contributed by atoms with Gasteiger partial charge in [-0.3, -0.25) is 0 Å². The summed E-state index contributed by atoms with van der Waals surface area (Å²) in [6.07, 6.45) is 20.5. The third-order valence-corrected chi connectivity index (χ3v) is 2.20. The van der Waals surface area contributed by atoms with Crippen LogP contribution in [-0.2, 0) is 0 Å². The molecule has 0 saturated carbocycles. The molecule has 1 aliphatic carbocycles. The molecule has 1 radical (unpaired) electrons. The van der Waals surface area contributed by atoms with Gasteiger partial charge in [0.25, 0.3) is 0 Å². The molecule has 0 spiro atoms. The van der Waals surface area contributed by atoms with Crippen molar-refractivity contribution in [3.63, 3.8) is 0 Å². The molecule has 0 heterocycles. The first-order valence-electron chi connectivity index (χ1n) is 5.13. The predicted molar refractivity (Wildman–Crippen MR) is 54.9 cm³/mol. The predicted octanol–water partition coefficient (Wildman–Crippen LogP) is 4.05. The Morgan fingerprint density at radius 1 is 0.667 bits per heavy atom. The average molecular weight is 163 g/mol. The van der Waals surface area contributed by atoms with Gasteiger partial charge in [-0.1, -0.05) is 43.6 Å². The topological polar surface area (TPSA) is 0 Å². The van der Waals surface area contributed by atoms with Crippen LogP contribution >= 0.6 is 0 Å². The molecule has 0 atom stereocenters. The van der Waals surface area contributed by atoms with Crippen LogP contribution in [0, 0.1) is 6.42 Å². The monoisotopic (exact) mass is 163 g/mol. The van der Waals surface area contributed by atoms with E-state index in [-0.39, 0.29) is 0 Å². The molecule has 0 aromatic rings. The van der Waals surface area contributed by atoms with Crippen LogP contribution in [0.3, 0.4) is 0 Å². The summed E-state index contributed by atoms with van der Waals surface area (Å²) in [5.41, 5.74) is 0. The van der Waals surface area contributed by atoms with Crippen LogP contribution in [0.2, 0.25) is 0 Å². The molecular weight excluding hydrogens is 144 g/mol. The fraction of sp³-hybridized carbons (Fsp3) is 0.583. The maximum atomic E-state index is 2.31. The average Bonchev–Trinajstić information content (AvgIpc) is 2.05. The zero-order valence-electron chi connectivity index (χ0n) is 7.84. The molecule has 0 bridgehead atoms. The molecule has 0 unspecified atom stereocenters. The normalized spacial score (nSPS) is 26.7. The first-order chi connectivity index (χ1) is 6.00. The largest absolute Gasteiger partial charge is 0.0882 e. The fourth-order valence-electron chi connectivity index (χ4n) is 1.44. The van der Waals surface area contributed by atoms with Crippen molar-refractivity contribution in [2.45, 2.75) is 44.9 Å². The highest BCUT2D eigenvalue weighted by molar-refractivity contribution is 4.99. The Labute approximate surface area is 76.4 Å². The molecule has 67 valence electrons. The molecule has 0 heteroatoms. The van der Waals surface area contributed by atoms with Crippen LogP contribution in [0.15, 0.2) is 24.3 Å².